The molecule has 0 spiro atoms. The summed E-state index contributed by atoms with van der Waals surface area (Å²) in [6, 6.07) is 7.67. The van der Waals surface area contributed by atoms with Crippen molar-refractivity contribution in [3.8, 4) is 11.5 Å². The van der Waals surface area contributed by atoms with Gasteiger partial charge in [0.1, 0.15) is 11.3 Å². The minimum absolute atomic E-state index is 0.526. The van der Waals surface area contributed by atoms with E-state index in [4.69, 9.17) is 8.83 Å². The van der Waals surface area contributed by atoms with E-state index in [1.54, 1.807) is 12.4 Å². The second-order valence-electron chi connectivity index (χ2n) is 4.58. The van der Waals surface area contributed by atoms with Gasteiger partial charge in [0.05, 0.1) is 0 Å². The summed E-state index contributed by atoms with van der Waals surface area (Å²) in [4.78, 5) is 8.77. The van der Waals surface area contributed by atoms with E-state index >= 15 is 0 Å². The summed E-state index contributed by atoms with van der Waals surface area (Å²) in [5, 5.41) is 0. The molecule has 0 saturated carbocycles. The highest BCUT2D eigenvalue weighted by molar-refractivity contribution is 5.96. The standard InChI is InChI=1S/C14H8N3O2/c1-3-8-9(15-5-1)7-17-12-11-10(4-2-6-16-11)18-14(12)19-13(8)17/h1-6H,7H2/q+1. The Morgan fingerprint density at radius 1 is 1.05 bits per heavy atom. The topological polar surface area (TPSA) is 55.9 Å². The molecule has 0 aromatic carbocycles. The molecule has 0 bridgehead atoms. The third-order valence-corrected chi connectivity index (χ3v) is 3.52. The Bertz CT molecular complexity index is 952. The Morgan fingerprint density at radius 3 is 2.95 bits per heavy atom. The van der Waals surface area contributed by atoms with Crippen LogP contribution in [0.15, 0.2) is 45.5 Å². The summed E-state index contributed by atoms with van der Waals surface area (Å²) in [6.07, 6.45) is 3.56. The van der Waals surface area contributed by atoms with Crippen LogP contribution in [0.25, 0.3) is 33.9 Å². The molecule has 5 heteroatoms. The van der Waals surface area contributed by atoms with Crippen molar-refractivity contribution in [2.75, 3.05) is 0 Å². The molecule has 0 aliphatic carbocycles. The third kappa shape index (κ3) is 1.03. The molecule has 0 radical (unpaired) electrons. The largest absolute Gasteiger partial charge is 0.418 e. The second-order valence-corrected chi connectivity index (χ2v) is 4.58. The van der Waals surface area contributed by atoms with E-state index in [1.165, 1.54) is 0 Å². The first-order valence-electron chi connectivity index (χ1n) is 6.06. The zero-order chi connectivity index (χ0) is 12.4. The first kappa shape index (κ1) is 9.27. The highest BCUT2D eigenvalue weighted by atomic mass is 16.5. The zero-order valence-corrected chi connectivity index (χ0v) is 9.83. The molecule has 0 amide bonds. The Hall–Kier alpha value is -2.69. The van der Waals surface area contributed by atoms with Crippen LogP contribution in [0.2, 0.25) is 0 Å². The van der Waals surface area contributed by atoms with Crippen LogP contribution >= 0.6 is 0 Å². The molecule has 19 heavy (non-hydrogen) atoms. The molecule has 0 saturated heterocycles. The lowest BCUT2D eigenvalue weighted by Crippen LogP contribution is -2.30. The Balaban J connectivity index is 1.94. The van der Waals surface area contributed by atoms with Crippen LogP contribution in [-0.2, 0) is 6.54 Å². The average molecular weight is 250 g/mol. The van der Waals surface area contributed by atoms with Crippen molar-refractivity contribution in [1.82, 2.24) is 9.97 Å². The number of oxazole rings is 1. The van der Waals surface area contributed by atoms with Gasteiger partial charge in [0.15, 0.2) is 17.6 Å². The zero-order valence-electron chi connectivity index (χ0n) is 9.83. The summed E-state index contributed by atoms with van der Waals surface area (Å²) >= 11 is 0. The lowest BCUT2D eigenvalue weighted by Gasteiger charge is -1.87. The molecule has 1 aliphatic rings. The van der Waals surface area contributed by atoms with Crippen molar-refractivity contribution in [3.05, 3.63) is 42.4 Å². The summed E-state index contributed by atoms with van der Waals surface area (Å²) in [7, 11) is 0. The minimum Gasteiger partial charge on any atom is -0.418 e. The van der Waals surface area contributed by atoms with Crippen LogP contribution in [0.3, 0.4) is 0 Å². The summed E-state index contributed by atoms with van der Waals surface area (Å²) in [6.45, 7) is 0.698. The van der Waals surface area contributed by atoms with Gasteiger partial charge in [0.25, 0.3) is 0 Å². The Kier molecular flexibility index (Phi) is 1.46. The van der Waals surface area contributed by atoms with Crippen molar-refractivity contribution in [1.29, 1.82) is 0 Å². The van der Waals surface area contributed by atoms with E-state index in [-0.39, 0.29) is 0 Å². The fourth-order valence-electron chi connectivity index (χ4n) is 2.71. The van der Waals surface area contributed by atoms with Gasteiger partial charge in [-0.15, -0.1) is 4.57 Å². The average Bonchev–Trinajstić information content (AvgIpc) is 3.05. The lowest BCUT2D eigenvalue weighted by atomic mass is 10.2. The smallest absolute Gasteiger partial charge is 0.386 e. The number of fused-ring (bicyclic) bond motifs is 7. The SMILES string of the molecule is c1cnc2c(c1)-c1oc3oc4cccnc4c3[n+]1C2. The normalized spacial score (nSPS) is 13.1. The predicted molar refractivity (Wildman–Crippen MR) is 66.3 cm³/mol. The first-order chi connectivity index (χ1) is 9.42. The van der Waals surface area contributed by atoms with Crippen LogP contribution in [-0.4, -0.2) is 9.97 Å². The van der Waals surface area contributed by atoms with Crippen molar-refractivity contribution < 1.29 is 13.4 Å². The van der Waals surface area contributed by atoms with Gasteiger partial charge < -0.3 is 8.83 Å². The fraction of sp³-hybridized carbons (Fsp3) is 0.0714. The number of pyridine rings is 2. The van der Waals surface area contributed by atoms with Crippen LogP contribution < -0.4 is 4.57 Å². The molecule has 4 aromatic heterocycles. The molecule has 5 nitrogen and oxygen atoms in total. The molecule has 1 aliphatic heterocycles. The van der Waals surface area contributed by atoms with E-state index < -0.39 is 0 Å². The van der Waals surface area contributed by atoms with E-state index in [1.807, 2.05) is 24.3 Å². The molecular weight excluding hydrogens is 242 g/mol. The van der Waals surface area contributed by atoms with Crippen molar-refractivity contribution >= 4 is 22.4 Å². The van der Waals surface area contributed by atoms with Gasteiger partial charge in [-0.1, -0.05) is 0 Å². The number of furan rings is 1. The Morgan fingerprint density at radius 2 is 1.95 bits per heavy atom. The van der Waals surface area contributed by atoms with Crippen LogP contribution in [0.5, 0.6) is 0 Å². The van der Waals surface area contributed by atoms with E-state index in [0.717, 1.165) is 33.8 Å². The van der Waals surface area contributed by atoms with Gasteiger partial charge in [-0.2, -0.15) is 0 Å². The van der Waals surface area contributed by atoms with Gasteiger partial charge >= 0.3 is 17.2 Å². The predicted octanol–water partition coefficient (Wildman–Crippen LogP) is 2.29. The van der Waals surface area contributed by atoms with Gasteiger partial charge in [0, 0.05) is 12.4 Å². The maximum absolute atomic E-state index is 5.84. The lowest BCUT2D eigenvalue weighted by molar-refractivity contribution is -0.649. The van der Waals surface area contributed by atoms with Gasteiger partial charge in [-0.05, 0) is 24.3 Å². The highest BCUT2D eigenvalue weighted by Gasteiger charge is 2.38. The van der Waals surface area contributed by atoms with Gasteiger partial charge in [0.2, 0.25) is 0 Å². The maximum atomic E-state index is 5.84. The second kappa shape index (κ2) is 3.00. The summed E-state index contributed by atoms with van der Waals surface area (Å²) in [5.41, 5.74) is 4.53. The number of hydrogen-bond acceptors (Lipinski definition) is 4. The van der Waals surface area contributed by atoms with Crippen LogP contribution in [0, 0.1) is 0 Å². The molecule has 0 atom stereocenters. The van der Waals surface area contributed by atoms with Crippen molar-refractivity contribution in [3.63, 3.8) is 0 Å². The molecule has 0 fully saturated rings. The molecule has 4 aromatic rings. The number of hydrogen-bond donors (Lipinski definition) is 0. The van der Waals surface area contributed by atoms with Crippen LogP contribution in [0.1, 0.15) is 5.69 Å². The highest BCUT2D eigenvalue weighted by Crippen LogP contribution is 2.33. The monoisotopic (exact) mass is 250 g/mol. The number of aromatic nitrogens is 3. The quantitative estimate of drug-likeness (QED) is 0.396. The number of rotatable bonds is 0. The molecule has 0 N–H and O–H groups in total. The van der Waals surface area contributed by atoms with E-state index in [2.05, 4.69) is 14.5 Å². The minimum atomic E-state index is 0.526. The van der Waals surface area contributed by atoms with E-state index in [0.29, 0.717) is 12.3 Å². The molecule has 5 heterocycles. The molecular formula is C14H8N3O2+. The van der Waals surface area contributed by atoms with Crippen LogP contribution in [0.4, 0.5) is 0 Å². The summed E-state index contributed by atoms with van der Waals surface area (Å²) < 4.78 is 13.6. The summed E-state index contributed by atoms with van der Waals surface area (Å²) in [5.74, 6) is 1.32. The maximum Gasteiger partial charge on any atom is 0.386 e. The van der Waals surface area contributed by atoms with Gasteiger partial charge in [-0.3, -0.25) is 4.98 Å². The van der Waals surface area contributed by atoms with Gasteiger partial charge in [-0.25, -0.2) is 4.98 Å². The van der Waals surface area contributed by atoms with E-state index in [9.17, 15) is 0 Å². The van der Waals surface area contributed by atoms with Crippen molar-refractivity contribution in [2.45, 2.75) is 6.54 Å². The number of nitrogens with zero attached hydrogens (tertiary/aromatic N) is 3. The Labute approximate surface area is 107 Å². The molecule has 90 valence electrons. The third-order valence-electron chi connectivity index (χ3n) is 3.52. The fourth-order valence-corrected chi connectivity index (χ4v) is 2.71. The molecule has 5 rings (SSSR count). The van der Waals surface area contributed by atoms with Crippen molar-refractivity contribution in [2.24, 2.45) is 0 Å². The molecule has 0 unspecified atom stereocenters. The first-order valence-corrected chi connectivity index (χ1v) is 6.06.